The standard InChI is InChI=1S/C22H19N3O4/c1-15(16-7-3-2-4-8-16)23-21(26)17-9-5-11-19(13-17)24-22(27)18-10-6-12-20(14-18)25(28)29/h2-15H,1H3,(H,23,26)(H,24,27)/t15-/m1/s1. The van der Waals surface area contributed by atoms with E-state index in [0.29, 0.717) is 11.3 Å². The van der Waals surface area contributed by atoms with Crippen LogP contribution in [-0.2, 0) is 0 Å². The minimum Gasteiger partial charge on any atom is -0.346 e. The molecule has 7 heteroatoms. The van der Waals surface area contributed by atoms with Gasteiger partial charge in [-0.25, -0.2) is 0 Å². The molecule has 0 radical (unpaired) electrons. The molecule has 3 aromatic rings. The number of rotatable bonds is 6. The fourth-order valence-corrected chi connectivity index (χ4v) is 2.81. The van der Waals surface area contributed by atoms with Crippen molar-refractivity contribution in [2.75, 3.05) is 5.32 Å². The van der Waals surface area contributed by atoms with Gasteiger partial charge in [0.1, 0.15) is 0 Å². The monoisotopic (exact) mass is 389 g/mol. The number of hydrogen-bond donors (Lipinski definition) is 2. The lowest BCUT2D eigenvalue weighted by Crippen LogP contribution is -2.26. The van der Waals surface area contributed by atoms with Crippen LogP contribution in [0.2, 0.25) is 0 Å². The molecule has 0 aliphatic carbocycles. The third kappa shape index (κ3) is 5.04. The van der Waals surface area contributed by atoms with Crippen LogP contribution in [0, 0.1) is 10.1 Å². The zero-order valence-corrected chi connectivity index (χ0v) is 15.7. The van der Waals surface area contributed by atoms with Crippen LogP contribution in [-0.4, -0.2) is 16.7 Å². The molecule has 0 unspecified atom stereocenters. The topological polar surface area (TPSA) is 101 Å². The number of non-ortho nitro benzene ring substituents is 1. The van der Waals surface area contributed by atoms with Gasteiger partial charge in [0, 0.05) is 28.9 Å². The second kappa shape index (κ2) is 8.79. The van der Waals surface area contributed by atoms with Crippen molar-refractivity contribution in [2.45, 2.75) is 13.0 Å². The Hall–Kier alpha value is -4.00. The molecule has 0 saturated heterocycles. The summed E-state index contributed by atoms with van der Waals surface area (Å²) in [5, 5.41) is 16.5. The largest absolute Gasteiger partial charge is 0.346 e. The van der Waals surface area contributed by atoms with Crippen molar-refractivity contribution >= 4 is 23.2 Å². The molecule has 0 aromatic heterocycles. The van der Waals surface area contributed by atoms with Gasteiger partial charge in [0.25, 0.3) is 17.5 Å². The van der Waals surface area contributed by atoms with E-state index in [2.05, 4.69) is 10.6 Å². The predicted molar refractivity (Wildman–Crippen MR) is 110 cm³/mol. The molecule has 29 heavy (non-hydrogen) atoms. The molecular formula is C22H19N3O4. The highest BCUT2D eigenvalue weighted by Gasteiger charge is 2.14. The predicted octanol–water partition coefficient (Wildman–Crippen LogP) is 4.34. The summed E-state index contributed by atoms with van der Waals surface area (Å²) in [6.07, 6.45) is 0. The molecule has 0 spiro atoms. The number of benzene rings is 3. The number of nitro groups is 1. The summed E-state index contributed by atoms with van der Waals surface area (Å²) in [7, 11) is 0. The van der Waals surface area contributed by atoms with Gasteiger partial charge in [0.05, 0.1) is 11.0 Å². The highest BCUT2D eigenvalue weighted by Crippen LogP contribution is 2.17. The second-order valence-electron chi connectivity index (χ2n) is 6.45. The molecule has 146 valence electrons. The number of amides is 2. The van der Waals surface area contributed by atoms with Crippen LogP contribution in [0.25, 0.3) is 0 Å². The first-order valence-electron chi connectivity index (χ1n) is 8.96. The van der Waals surface area contributed by atoms with Gasteiger partial charge < -0.3 is 10.6 Å². The number of carbonyl (C=O) groups excluding carboxylic acids is 2. The number of nitrogens with one attached hydrogen (secondary N) is 2. The van der Waals surface area contributed by atoms with Gasteiger partial charge >= 0.3 is 0 Å². The molecule has 0 aliphatic heterocycles. The Kier molecular flexibility index (Phi) is 5.99. The Bertz CT molecular complexity index is 1050. The summed E-state index contributed by atoms with van der Waals surface area (Å²) in [5.41, 5.74) is 1.79. The van der Waals surface area contributed by atoms with E-state index in [4.69, 9.17) is 0 Å². The SMILES string of the molecule is C[C@@H](NC(=O)c1cccc(NC(=O)c2cccc([N+](=O)[O-])c2)c1)c1ccccc1. The molecule has 0 heterocycles. The fourth-order valence-electron chi connectivity index (χ4n) is 2.81. The Morgan fingerprint density at radius 2 is 1.52 bits per heavy atom. The molecule has 1 atom stereocenters. The molecule has 0 aliphatic rings. The molecule has 0 saturated carbocycles. The average Bonchev–Trinajstić information content (AvgIpc) is 2.74. The van der Waals surface area contributed by atoms with Crippen LogP contribution in [0.15, 0.2) is 78.9 Å². The van der Waals surface area contributed by atoms with E-state index in [1.807, 2.05) is 37.3 Å². The van der Waals surface area contributed by atoms with E-state index in [9.17, 15) is 19.7 Å². The maximum Gasteiger partial charge on any atom is 0.270 e. The normalized spacial score (nSPS) is 11.3. The zero-order chi connectivity index (χ0) is 20.8. The van der Waals surface area contributed by atoms with Crippen LogP contribution in [0.5, 0.6) is 0 Å². The van der Waals surface area contributed by atoms with Crippen molar-refractivity contribution in [1.82, 2.24) is 5.32 Å². The van der Waals surface area contributed by atoms with E-state index in [-0.39, 0.29) is 23.2 Å². The zero-order valence-electron chi connectivity index (χ0n) is 15.7. The van der Waals surface area contributed by atoms with Gasteiger partial charge in [-0.15, -0.1) is 0 Å². The molecule has 3 rings (SSSR count). The molecule has 3 aromatic carbocycles. The lowest BCUT2D eigenvalue weighted by Gasteiger charge is -2.15. The Morgan fingerprint density at radius 3 is 2.21 bits per heavy atom. The van der Waals surface area contributed by atoms with E-state index < -0.39 is 10.8 Å². The number of carbonyl (C=O) groups is 2. The summed E-state index contributed by atoms with van der Waals surface area (Å²) < 4.78 is 0. The van der Waals surface area contributed by atoms with Crippen molar-refractivity contribution in [3.8, 4) is 0 Å². The van der Waals surface area contributed by atoms with Crippen LogP contribution in [0.4, 0.5) is 11.4 Å². The number of nitrogens with zero attached hydrogens (tertiary/aromatic N) is 1. The summed E-state index contributed by atoms with van der Waals surface area (Å²) in [6.45, 7) is 1.89. The Balaban J connectivity index is 1.70. The lowest BCUT2D eigenvalue weighted by atomic mass is 10.1. The highest BCUT2D eigenvalue weighted by molar-refractivity contribution is 6.05. The quantitative estimate of drug-likeness (QED) is 0.484. The van der Waals surface area contributed by atoms with Gasteiger partial charge in [0.15, 0.2) is 0 Å². The summed E-state index contributed by atoms with van der Waals surface area (Å²) in [5.74, 6) is -0.767. The van der Waals surface area contributed by atoms with Crippen molar-refractivity contribution in [3.05, 3.63) is 106 Å². The first kappa shape index (κ1) is 19.8. The van der Waals surface area contributed by atoms with Crippen LogP contribution in [0.3, 0.4) is 0 Å². The van der Waals surface area contributed by atoms with E-state index in [1.165, 1.54) is 24.3 Å². The lowest BCUT2D eigenvalue weighted by molar-refractivity contribution is -0.384. The van der Waals surface area contributed by atoms with E-state index >= 15 is 0 Å². The van der Waals surface area contributed by atoms with E-state index in [0.717, 1.165) is 5.56 Å². The number of hydrogen-bond acceptors (Lipinski definition) is 4. The van der Waals surface area contributed by atoms with Gasteiger partial charge in [-0.05, 0) is 36.8 Å². The van der Waals surface area contributed by atoms with Crippen molar-refractivity contribution in [1.29, 1.82) is 0 Å². The van der Waals surface area contributed by atoms with Gasteiger partial charge in [-0.1, -0.05) is 42.5 Å². The summed E-state index contributed by atoms with van der Waals surface area (Å²) >= 11 is 0. The maximum absolute atomic E-state index is 12.6. The van der Waals surface area contributed by atoms with Crippen molar-refractivity contribution in [2.24, 2.45) is 0 Å². The number of anilines is 1. The number of nitro benzene ring substituents is 1. The molecule has 0 fully saturated rings. The molecule has 7 nitrogen and oxygen atoms in total. The van der Waals surface area contributed by atoms with Gasteiger partial charge in [0.2, 0.25) is 0 Å². The van der Waals surface area contributed by atoms with Crippen molar-refractivity contribution < 1.29 is 14.5 Å². The van der Waals surface area contributed by atoms with E-state index in [1.54, 1.807) is 24.3 Å². The minimum absolute atomic E-state index is 0.159. The molecule has 2 amide bonds. The Morgan fingerprint density at radius 1 is 0.862 bits per heavy atom. The third-order valence-electron chi connectivity index (χ3n) is 4.35. The fraction of sp³-hybridized carbons (Fsp3) is 0.0909. The third-order valence-corrected chi connectivity index (χ3v) is 4.35. The molecule has 2 N–H and O–H groups in total. The van der Waals surface area contributed by atoms with Gasteiger partial charge in [-0.3, -0.25) is 19.7 Å². The molecular weight excluding hydrogens is 370 g/mol. The van der Waals surface area contributed by atoms with Crippen LogP contribution in [0.1, 0.15) is 39.2 Å². The maximum atomic E-state index is 12.6. The van der Waals surface area contributed by atoms with Crippen molar-refractivity contribution in [3.63, 3.8) is 0 Å². The minimum atomic E-state index is -0.560. The Labute approximate surface area is 167 Å². The second-order valence-corrected chi connectivity index (χ2v) is 6.45. The highest BCUT2D eigenvalue weighted by atomic mass is 16.6. The first-order chi connectivity index (χ1) is 13.9. The summed E-state index contributed by atoms with van der Waals surface area (Å²) in [6, 6.07) is 21.4. The average molecular weight is 389 g/mol. The molecule has 0 bridgehead atoms. The smallest absolute Gasteiger partial charge is 0.270 e. The van der Waals surface area contributed by atoms with Crippen LogP contribution < -0.4 is 10.6 Å². The summed E-state index contributed by atoms with van der Waals surface area (Å²) in [4.78, 5) is 35.3. The van der Waals surface area contributed by atoms with Gasteiger partial charge in [-0.2, -0.15) is 0 Å². The van der Waals surface area contributed by atoms with Crippen LogP contribution >= 0.6 is 0 Å². The first-order valence-corrected chi connectivity index (χ1v) is 8.96.